The van der Waals surface area contributed by atoms with Crippen LogP contribution in [0.25, 0.3) is 0 Å². The third kappa shape index (κ3) is 3.47. The van der Waals surface area contributed by atoms with Gasteiger partial charge in [0.25, 0.3) is 0 Å². The third-order valence-corrected chi connectivity index (χ3v) is 4.27. The van der Waals surface area contributed by atoms with Gasteiger partial charge in [-0.25, -0.2) is 14.8 Å². The Morgan fingerprint density at radius 3 is 2.53 bits per heavy atom. The maximum atomic E-state index is 13.2. The van der Waals surface area contributed by atoms with Gasteiger partial charge in [0, 0.05) is 18.1 Å². The Morgan fingerprint density at radius 2 is 1.95 bits per heavy atom. The van der Waals surface area contributed by atoms with Gasteiger partial charge in [-0.2, -0.15) is 0 Å². The Morgan fingerprint density at radius 1 is 1.32 bits per heavy atom. The van der Waals surface area contributed by atoms with E-state index >= 15 is 0 Å². The average molecular weight is 285 g/mol. The normalized spacial score (nSPS) is 26.4. The fraction of sp³-hybridized carbons (Fsp3) is 0.600. The number of hydrogen-bond donors (Lipinski definition) is 1. The van der Waals surface area contributed by atoms with Gasteiger partial charge in [0.05, 0.1) is 5.02 Å². The molecule has 1 aromatic rings. The molecule has 0 amide bonds. The average Bonchev–Trinajstić information content (AvgIpc) is 2.37. The first-order valence-corrected chi connectivity index (χ1v) is 7.36. The van der Waals surface area contributed by atoms with Crippen LogP contribution < -0.4 is 5.43 Å². The number of hydrogen-bond acceptors (Lipinski definition) is 2. The molecule has 0 aliphatic carbocycles. The standard InChI is InChI=1S/C15H22ClFN2/c1-10-5-4-6-11(2)19(10)18-12(3)13-7-8-15(17)14(16)9-13/h7-12,18H,4-6H2,1-3H3. The lowest BCUT2D eigenvalue weighted by Gasteiger charge is -2.41. The summed E-state index contributed by atoms with van der Waals surface area (Å²) in [6.07, 6.45) is 3.72. The third-order valence-electron chi connectivity index (χ3n) is 3.98. The van der Waals surface area contributed by atoms with Gasteiger partial charge in [-0.15, -0.1) is 0 Å². The van der Waals surface area contributed by atoms with Crippen molar-refractivity contribution in [2.75, 3.05) is 0 Å². The quantitative estimate of drug-likeness (QED) is 0.890. The van der Waals surface area contributed by atoms with Crippen LogP contribution in [0.4, 0.5) is 4.39 Å². The van der Waals surface area contributed by atoms with E-state index in [1.807, 2.05) is 0 Å². The molecule has 3 atom stereocenters. The molecule has 0 radical (unpaired) electrons. The summed E-state index contributed by atoms with van der Waals surface area (Å²) in [7, 11) is 0. The van der Waals surface area contributed by atoms with Crippen LogP contribution in [-0.4, -0.2) is 17.1 Å². The summed E-state index contributed by atoms with van der Waals surface area (Å²) in [6.45, 7) is 6.57. The number of nitrogens with zero attached hydrogens (tertiary/aromatic N) is 1. The highest BCUT2D eigenvalue weighted by Crippen LogP contribution is 2.25. The Balaban J connectivity index is 2.07. The second kappa shape index (κ2) is 6.21. The highest BCUT2D eigenvalue weighted by Gasteiger charge is 2.26. The van der Waals surface area contributed by atoms with Gasteiger partial charge in [-0.05, 0) is 51.3 Å². The van der Waals surface area contributed by atoms with Crippen molar-refractivity contribution < 1.29 is 4.39 Å². The summed E-state index contributed by atoms with van der Waals surface area (Å²) in [5, 5.41) is 2.51. The summed E-state index contributed by atoms with van der Waals surface area (Å²) in [4.78, 5) is 0. The molecule has 1 N–H and O–H groups in total. The fourth-order valence-corrected chi connectivity index (χ4v) is 2.94. The van der Waals surface area contributed by atoms with E-state index in [-0.39, 0.29) is 16.9 Å². The van der Waals surface area contributed by atoms with Gasteiger partial charge < -0.3 is 0 Å². The minimum Gasteiger partial charge on any atom is -0.247 e. The van der Waals surface area contributed by atoms with E-state index in [0.29, 0.717) is 12.1 Å². The van der Waals surface area contributed by atoms with Gasteiger partial charge in [-0.1, -0.05) is 24.1 Å². The monoisotopic (exact) mass is 284 g/mol. The zero-order valence-electron chi connectivity index (χ0n) is 11.8. The van der Waals surface area contributed by atoms with Crippen LogP contribution in [0.15, 0.2) is 18.2 Å². The largest absolute Gasteiger partial charge is 0.247 e. The molecule has 2 rings (SSSR count). The van der Waals surface area contributed by atoms with Gasteiger partial charge in [0.2, 0.25) is 0 Å². The zero-order chi connectivity index (χ0) is 14.0. The molecule has 19 heavy (non-hydrogen) atoms. The molecule has 1 heterocycles. The van der Waals surface area contributed by atoms with Crippen molar-refractivity contribution in [3.05, 3.63) is 34.6 Å². The highest BCUT2D eigenvalue weighted by molar-refractivity contribution is 6.30. The minimum atomic E-state index is -0.364. The number of halogens is 2. The van der Waals surface area contributed by atoms with E-state index in [4.69, 9.17) is 11.6 Å². The van der Waals surface area contributed by atoms with E-state index in [1.165, 1.54) is 25.3 Å². The van der Waals surface area contributed by atoms with Gasteiger partial charge in [-0.3, -0.25) is 0 Å². The van der Waals surface area contributed by atoms with Gasteiger partial charge >= 0.3 is 0 Å². The lowest BCUT2D eigenvalue weighted by molar-refractivity contribution is 0.0320. The van der Waals surface area contributed by atoms with Crippen LogP contribution in [0, 0.1) is 5.82 Å². The van der Waals surface area contributed by atoms with Crippen molar-refractivity contribution >= 4 is 11.6 Å². The fourth-order valence-electron chi connectivity index (χ4n) is 2.76. The zero-order valence-corrected chi connectivity index (χ0v) is 12.5. The summed E-state index contributed by atoms with van der Waals surface area (Å²) >= 11 is 5.84. The first-order chi connectivity index (χ1) is 8.99. The molecule has 1 aromatic carbocycles. The Hall–Kier alpha value is -0.640. The maximum absolute atomic E-state index is 13.2. The molecule has 3 unspecified atom stereocenters. The lowest BCUT2D eigenvalue weighted by Crippen LogP contribution is -2.52. The molecule has 4 heteroatoms. The number of rotatable bonds is 3. The van der Waals surface area contributed by atoms with E-state index < -0.39 is 0 Å². The molecule has 0 aromatic heterocycles. The first-order valence-electron chi connectivity index (χ1n) is 6.98. The van der Waals surface area contributed by atoms with E-state index in [9.17, 15) is 4.39 Å². The number of hydrazine groups is 1. The van der Waals surface area contributed by atoms with Crippen LogP contribution in [-0.2, 0) is 0 Å². The van der Waals surface area contributed by atoms with Crippen molar-refractivity contribution in [3.63, 3.8) is 0 Å². The molecule has 2 nitrogen and oxygen atoms in total. The molecule has 1 fully saturated rings. The van der Waals surface area contributed by atoms with Crippen LogP contribution in [0.2, 0.25) is 5.02 Å². The van der Waals surface area contributed by atoms with Crippen LogP contribution in [0.3, 0.4) is 0 Å². The molecule has 0 saturated carbocycles. The number of nitrogens with one attached hydrogen (secondary N) is 1. The number of piperidine rings is 1. The second-order valence-electron chi connectivity index (χ2n) is 5.56. The topological polar surface area (TPSA) is 15.3 Å². The van der Waals surface area contributed by atoms with Crippen molar-refractivity contribution in [2.24, 2.45) is 0 Å². The molecule has 1 aliphatic rings. The molecule has 106 valence electrons. The van der Waals surface area contributed by atoms with Crippen LogP contribution in [0.5, 0.6) is 0 Å². The molecule has 0 bridgehead atoms. The molecule has 0 spiro atoms. The maximum Gasteiger partial charge on any atom is 0.141 e. The second-order valence-corrected chi connectivity index (χ2v) is 5.97. The Labute approximate surface area is 119 Å². The molecular weight excluding hydrogens is 263 g/mol. The predicted molar refractivity (Wildman–Crippen MR) is 77.6 cm³/mol. The summed E-state index contributed by atoms with van der Waals surface area (Å²) in [6, 6.07) is 6.11. The van der Waals surface area contributed by atoms with Crippen LogP contribution in [0.1, 0.15) is 51.6 Å². The van der Waals surface area contributed by atoms with Crippen molar-refractivity contribution in [3.8, 4) is 0 Å². The summed E-state index contributed by atoms with van der Waals surface area (Å²) in [5.41, 5.74) is 4.54. The minimum absolute atomic E-state index is 0.126. The SMILES string of the molecule is CC(NN1C(C)CCCC1C)c1ccc(F)c(Cl)c1. The lowest BCUT2D eigenvalue weighted by atomic mass is 9.99. The van der Waals surface area contributed by atoms with Crippen molar-refractivity contribution in [2.45, 2.75) is 58.2 Å². The van der Waals surface area contributed by atoms with E-state index in [0.717, 1.165) is 5.56 Å². The Kier molecular flexibility index (Phi) is 4.82. The van der Waals surface area contributed by atoms with Gasteiger partial charge in [0.15, 0.2) is 0 Å². The highest BCUT2D eigenvalue weighted by atomic mass is 35.5. The predicted octanol–water partition coefficient (Wildman–Crippen LogP) is 4.31. The molecule has 1 aliphatic heterocycles. The summed E-state index contributed by atoms with van der Waals surface area (Å²) < 4.78 is 13.2. The first kappa shape index (κ1) is 14.8. The molecule has 1 saturated heterocycles. The van der Waals surface area contributed by atoms with E-state index in [2.05, 4.69) is 31.2 Å². The van der Waals surface area contributed by atoms with Crippen LogP contribution >= 0.6 is 11.6 Å². The molecular formula is C15H22ClFN2. The summed E-state index contributed by atoms with van der Waals surface area (Å²) in [5.74, 6) is -0.364. The van der Waals surface area contributed by atoms with E-state index in [1.54, 1.807) is 12.1 Å². The van der Waals surface area contributed by atoms with Gasteiger partial charge in [0.1, 0.15) is 5.82 Å². The smallest absolute Gasteiger partial charge is 0.141 e. The van der Waals surface area contributed by atoms with Crippen molar-refractivity contribution in [1.82, 2.24) is 10.4 Å². The Bertz CT molecular complexity index is 428. The number of benzene rings is 1. The van der Waals surface area contributed by atoms with Crippen molar-refractivity contribution in [1.29, 1.82) is 0 Å².